The monoisotopic (exact) mass is 863 g/mol. The third kappa shape index (κ3) is 5.41. The van der Waals surface area contributed by atoms with Crippen LogP contribution < -0.4 is 0 Å². The molecular weight excluding hydrogens is 823 g/mol. The molecule has 0 amide bonds. The van der Waals surface area contributed by atoms with E-state index in [9.17, 15) is 0 Å². The SMILES string of the molecule is c1cc2ccc3ccc(Cn4c5ccc(-c6ccc(-n7c8ccccc8c8ccccc87)cc6)cc5c5cc(-c6ccc(-n7c8ccccc8c8ccccc87)cc6)ccc54)c4ccc(c1)c2c34. The minimum atomic E-state index is 0.758. The molecule has 0 bridgehead atoms. The third-order valence-corrected chi connectivity index (χ3v) is 14.9. The molecule has 0 aliphatic heterocycles. The average Bonchev–Trinajstić information content (AvgIpc) is 4.03. The Morgan fingerprint density at radius 2 is 0.647 bits per heavy atom. The normalized spacial score (nSPS) is 12.2. The van der Waals surface area contributed by atoms with E-state index in [2.05, 4.69) is 250 Å². The molecule has 3 aromatic heterocycles. The molecule has 0 radical (unpaired) electrons. The summed E-state index contributed by atoms with van der Waals surface area (Å²) in [5, 5.41) is 15.5. The molecule has 68 heavy (non-hydrogen) atoms. The fourth-order valence-corrected chi connectivity index (χ4v) is 11.7. The molecule has 0 aliphatic carbocycles. The lowest BCUT2D eigenvalue weighted by Gasteiger charge is -2.15. The van der Waals surface area contributed by atoms with Gasteiger partial charge in [0.05, 0.1) is 22.1 Å². The van der Waals surface area contributed by atoms with Gasteiger partial charge in [-0.1, -0.05) is 164 Å². The molecule has 3 nitrogen and oxygen atoms in total. The van der Waals surface area contributed by atoms with Gasteiger partial charge in [0.2, 0.25) is 0 Å². The Bertz CT molecular complexity index is 4170. The summed E-state index contributed by atoms with van der Waals surface area (Å²) in [5.74, 6) is 0. The van der Waals surface area contributed by atoms with Crippen LogP contribution in [-0.4, -0.2) is 13.7 Å². The van der Waals surface area contributed by atoms with Crippen molar-refractivity contribution in [3.05, 3.63) is 242 Å². The lowest BCUT2D eigenvalue weighted by Crippen LogP contribution is -2.01. The van der Waals surface area contributed by atoms with Crippen molar-refractivity contribution in [3.63, 3.8) is 0 Å². The fraction of sp³-hybridized carbons (Fsp3) is 0.0154. The van der Waals surface area contributed by atoms with Gasteiger partial charge in [0, 0.05) is 61.3 Å². The Hall–Kier alpha value is -8.92. The molecule has 316 valence electrons. The van der Waals surface area contributed by atoms with E-state index >= 15 is 0 Å². The van der Waals surface area contributed by atoms with Gasteiger partial charge in [-0.15, -0.1) is 0 Å². The molecule has 3 heteroatoms. The Labute approximate surface area is 391 Å². The largest absolute Gasteiger partial charge is 0.336 e. The van der Waals surface area contributed by atoms with Crippen molar-refractivity contribution in [1.29, 1.82) is 0 Å². The van der Waals surface area contributed by atoms with Crippen LogP contribution in [0.1, 0.15) is 5.56 Å². The number of fused-ring (bicyclic) bond motifs is 9. The van der Waals surface area contributed by atoms with Crippen molar-refractivity contribution in [2.75, 3.05) is 0 Å². The number of benzene rings is 12. The minimum absolute atomic E-state index is 0.758. The highest BCUT2D eigenvalue weighted by molar-refractivity contribution is 6.23. The van der Waals surface area contributed by atoms with Crippen LogP contribution in [0.2, 0.25) is 0 Å². The topological polar surface area (TPSA) is 14.8 Å². The predicted molar refractivity (Wildman–Crippen MR) is 288 cm³/mol. The molecular formula is C65H41N3. The van der Waals surface area contributed by atoms with Crippen LogP contribution >= 0.6 is 0 Å². The molecule has 15 rings (SSSR count). The zero-order valence-electron chi connectivity index (χ0n) is 37.1. The predicted octanol–water partition coefficient (Wildman–Crippen LogP) is 17.3. The van der Waals surface area contributed by atoms with Gasteiger partial charge in [-0.05, 0) is 133 Å². The lowest BCUT2D eigenvalue weighted by molar-refractivity contribution is 0.876. The first-order chi connectivity index (χ1) is 33.7. The molecule has 12 aromatic carbocycles. The van der Waals surface area contributed by atoms with E-state index in [1.165, 1.54) is 126 Å². The van der Waals surface area contributed by atoms with Crippen LogP contribution in [-0.2, 0) is 6.54 Å². The first kappa shape index (κ1) is 37.3. The minimum Gasteiger partial charge on any atom is -0.336 e. The van der Waals surface area contributed by atoms with E-state index in [0.717, 1.165) is 17.9 Å². The third-order valence-electron chi connectivity index (χ3n) is 14.9. The van der Waals surface area contributed by atoms with Gasteiger partial charge in [-0.2, -0.15) is 0 Å². The van der Waals surface area contributed by atoms with Crippen molar-refractivity contribution < 1.29 is 0 Å². The summed E-state index contributed by atoms with van der Waals surface area (Å²) in [6.07, 6.45) is 0. The van der Waals surface area contributed by atoms with E-state index in [1.54, 1.807) is 0 Å². The van der Waals surface area contributed by atoms with Gasteiger partial charge >= 0.3 is 0 Å². The molecule has 15 aromatic rings. The number of hydrogen-bond donors (Lipinski definition) is 0. The highest BCUT2D eigenvalue weighted by Crippen LogP contribution is 2.41. The van der Waals surface area contributed by atoms with E-state index in [1.807, 2.05) is 0 Å². The standard InChI is InChI=1S/C65H41N3/c1-5-16-60-52(12-1)53-13-2-6-17-61(53)67(60)49-31-24-41(25-32-49)46-29-36-58-56(38-46)57-39-47(42-26-33-50(34-27-42)68-62-18-7-3-14-54(62)55-15-4-8-19-63(55)68)30-37-59(57)66(58)40-48-23-22-45-21-20-43-10-9-11-44-28-35-51(48)65(45)64(43)44/h1-39H,40H2. The summed E-state index contributed by atoms with van der Waals surface area (Å²) in [7, 11) is 0. The van der Waals surface area contributed by atoms with Crippen LogP contribution in [0.3, 0.4) is 0 Å². The summed E-state index contributed by atoms with van der Waals surface area (Å²) in [6.45, 7) is 0.758. The molecule has 0 saturated heterocycles. The Kier molecular flexibility index (Phi) is 7.84. The Balaban J connectivity index is 0.875. The summed E-state index contributed by atoms with van der Waals surface area (Å²) in [5.41, 5.74) is 15.8. The zero-order chi connectivity index (χ0) is 44.5. The molecule has 0 saturated carbocycles. The second-order valence-corrected chi connectivity index (χ2v) is 18.5. The maximum atomic E-state index is 2.54. The lowest BCUT2D eigenvalue weighted by atomic mass is 9.92. The molecule has 0 unspecified atom stereocenters. The molecule has 0 atom stereocenters. The van der Waals surface area contributed by atoms with Gasteiger partial charge < -0.3 is 13.7 Å². The van der Waals surface area contributed by atoms with Gasteiger partial charge in [0.25, 0.3) is 0 Å². The first-order valence-corrected chi connectivity index (χ1v) is 23.6. The number of para-hydroxylation sites is 4. The molecule has 3 heterocycles. The highest BCUT2D eigenvalue weighted by Gasteiger charge is 2.18. The van der Waals surface area contributed by atoms with Gasteiger partial charge in [-0.25, -0.2) is 0 Å². The van der Waals surface area contributed by atoms with Crippen LogP contribution in [0, 0.1) is 0 Å². The fourth-order valence-electron chi connectivity index (χ4n) is 11.7. The highest BCUT2D eigenvalue weighted by atomic mass is 15.0. The molecule has 0 aliphatic rings. The Morgan fingerprint density at radius 3 is 1.12 bits per heavy atom. The number of rotatable bonds is 6. The smallest absolute Gasteiger partial charge is 0.0541 e. The molecule has 0 N–H and O–H groups in total. The average molecular weight is 864 g/mol. The van der Waals surface area contributed by atoms with Crippen molar-refractivity contribution in [2.24, 2.45) is 0 Å². The summed E-state index contributed by atoms with van der Waals surface area (Å²) < 4.78 is 7.32. The van der Waals surface area contributed by atoms with E-state index in [-0.39, 0.29) is 0 Å². The zero-order valence-corrected chi connectivity index (χ0v) is 37.1. The summed E-state index contributed by atoms with van der Waals surface area (Å²) in [4.78, 5) is 0. The maximum absolute atomic E-state index is 2.54. The van der Waals surface area contributed by atoms with Crippen molar-refractivity contribution in [3.8, 4) is 33.6 Å². The maximum Gasteiger partial charge on any atom is 0.0541 e. The summed E-state index contributed by atoms with van der Waals surface area (Å²) >= 11 is 0. The van der Waals surface area contributed by atoms with Crippen LogP contribution in [0.4, 0.5) is 0 Å². The second kappa shape index (κ2) is 14.3. The van der Waals surface area contributed by atoms with Crippen molar-refractivity contribution >= 4 is 97.7 Å². The van der Waals surface area contributed by atoms with E-state index in [4.69, 9.17) is 0 Å². The van der Waals surface area contributed by atoms with Crippen LogP contribution in [0.15, 0.2) is 237 Å². The number of hydrogen-bond acceptors (Lipinski definition) is 0. The van der Waals surface area contributed by atoms with Crippen LogP contribution in [0.5, 0.6) is 0 Å². The van der Waals surface area contributed by atoms with Gasteiger partial charge in [-0.3, -0.25) is 0 Å². The molecule has 0 spiro atoms. The quantitative estimate of drug-likeness (QED) is 0.148. The number of aromatic nitrogens is 3. The molecule has 0 fully saturated rings. The van der Waals surface area contributed by atoms with Crippen LogP contribution in [0.25, 0.3) is 131 Å². The van der Waals surface area contributed by atoms with Crippen molar-refractivity contribution in [1.82, 2.24) is 13.7 Å². The van der Waals surface area contributed by atoms with Crippen molar-refractivity contribution in [2.45, 2.75) is 6.54 Å². The van der Waals surface area contributed by atoms with Gasteiger partial charge in [0.15, 0.2) is 0 Å². The second-order valence-electron chi connectivity index (χ2n) is 18.5. The van der Waals surface area contributed by atoms with E-state index < -0.39 is 0 Å². The summed E-state index contributed by atoms with van der Waals surface area (Å²) in [6, 6.07) is 87.8. The number of nitrogens with zero attached hydrogens (tertiary/aromatic N) is 3. The van der Waals surface area contributed by atoms with Gasteiger partial charge in [0.1, 0.15) is 0 Å². The first-order valence-electron chi connectivity index (χ1n) is 23.6. The Morgan fingerprint density at radius 1 is 0.250 bits per heavy atom. The van der Waals surface area contributed by atoms with E-state index in [0.29, 0.717) is 0 Å².